The van der Waals surface area contributed by atoms with E-state index in [1.165, 1.54) is 11.8 Å². The van der Waals surface area contributed by atoms with Gasteiger partial charge in [0.1, 0.15) is 35.9 Å². The van der Waals surface area contributed by atoms with Crippen LogP contribution in [0.2, 0.25) is 0 Å². The number of hydrogen-bond acceptors (Lipinski definition) is 9. The number of ether oxygens (including phenoxy) is 2. The maximum Gasteiger partial charge on any atom is 0.240 e. The van der Waals surface area contributed by atoms with Gasteiger partial charge in [-0.2, -0.15) is 0 Å². The summed E-state index contributed by atoms with van der Waals surface area (Å²) in [5.41, 5.74) is 4.92. The van der Waals surface area contributed by atoms with Crippen LogP contribution in [0.5, 0.6) is 0 Å². The van der Waals surface area contributed by atoms with Gasteiger partial charge in [0.05, 0.1) is 17.5 Å². The molecule has 0 spiro atoms. The quantitative estimate of drug-likeness (QED) is 0.243. The summed E-state index contributed by atoms with van der Waals surface area (Å²) in [4.78, 5) is 13.2. The number of alkyl halides is 1. The molecule has 11 atom stereocenters. The Morgan fingerprint density at radius 1 is 1.31 bits per heavy atom. The largest absolute Gasteiger partial charge is 0.388 e. The topological polar surface area (TPSA) is 146 Å². The zero-order valence-corrected chi connectivity index (χ0v) is 20.3. The fourth-order valence-corrected chi connectivity index (χ4v) is 6.02. The fourth-order valence-electron chi connectivity index (χ4n) is 5.14. The zero-order valence-electron chi connectivity index (χ0n) is 18.7. The second kappa shape index (κ2) is 12.0. The van der Waals surface area contributed by atoms with E-state index in [9.17, 15) is 20.1 Å². The van der Waals surface area contributed by atoms with Gasteiger partial charge in [0, 0.05) is 13.2 Å². The molecule has 3 saturated heterocycles. The highest BCUT2D eigenvalue weighted by Crippen LogP contribution is 2.33. The number of amides is 1. The van der Waals surface area contributed by atoms with E-state index < -0.39 is 47.3 Å². The molecule has 0 bridgehead atoms. The van der Waals surface area contributed by atoms with Gasteiger partial charge in [-0.15, -0.1) is 23.4 Å². The summed E-state index contributed by atoms with van der Waals surface area (Å²) in [6, 6.07) is -1.29. The zero-order chi connectivity index (χ0) is 23.4. The van der Waals surface area contributed by atoms with Gasteiger partial charge in [-0.05, 0) is 57.2 Å². The Labute approximate surface area is 199 Å². The van der Waals surface area contributed by atoms with E-state index in [-0.39, 0.29) is 17.9 Å². The summed E-state index contributed by atoms with van der Waals surface area (Å²) in [6.07, 6.45) is 0.572. The minimum absolute atomic E-state index is 0.229. The van der Waals surface area contributed by atoms with Gasteiger partial charge in [0.15, 0.2) is 0 Å². The van der Waals surface area contributed by atoms with Crippen LogP contribution in [0.4, 0.5) is 0 Å². The van der Waals surface area contributed by atoms with Gasteiger partial charge in [-0.3, -0.25) is 4.79 Å². The normalized spacial score (nSPS) is 42.0. The van der Waals surface area contributed by atoms with E-state index in [4.69, 9.17) is 26.8 Å². The van der Waals surface area contributed by atoms with E-state index in [1.54, 1.807) is 13.2 Å². The van der Waals surface area contributed by atoms with Crippen molar-refractivity contribution in [2.75, 3.05) is 26.0 Å². The first-order valence-corrected chi connectivity index (χ1v) is 13.2. The number of fused-ring (bicyclic) bond motifs is 1. The van der Waals surface area contributed by atoms with Crippen molar-refractivity contribution in [2.24, 2.45) is 17.6 Å². The molecule has 0 aliphatic carbocycles. The van der Waals surface area contributed by atoms with Crippen LogP contribution in [0.15, 0.2) is 0 Å². The maximum absolute atomic E-state index is 13.2. The molecule has 0 saturated carbocycles. The molecule has 3 aliphatic heterocycles. The number of nitrogens with two attached hydrogens (primary N) is 1. The van der Waals surface area contributed by atoms with Gasteiger partial charge in [-0.1, -0.05) is 0 Å². The molecular weight excluding hydrogens is 458 g/mol. The van der Waals surface area contributed by atoms with Crippen LogP contribution in [0.1, 0.15) is 32.6 Å². The Morgan fingerprint density at radius 2 is 2.06 bits per heavy atom. The van der Waals surface area contributed by atoms with Crippen LogP contribution in [0.3, 0.4) is 0 Å². The van der Waals surface area contributed by atoms with Crippen LogP contribution in [0, 0.1) is 11.8 Å². The third-order valence-electron chi connectivity index (χ3n) is 6.96. The molecular formula is C21H38ClN3O6S. The lowest BCUT2D eigenvalue weighted by Crippen LogP contribution is -2.65. The SMILES string of the molecule is CSC1O[C@H]([C@H](NC(=O)[C@H]2NC[C@@H]3C[C@H](CCCN)CCO[C@H]32)[C@H](C)Cl)C(O)[C@@H](O)[C@H]1O. The minimum Gasteiger partial charge on any atom is -0.388 e. The lowest BCUT2D eigenvalue weighted by atomic mass is 9.87. The Kier molecular flexibility index (Phi) is 9.91. The maximum atomic E-state index is 13.2. The second-order valence-electron chi connectivity index (χ2n) is 9.19. The number of carbonyl (C=O) groups is 1. The molecule has 3 rings (SSSR count). The molecule has 7 N–H and O–H groups in total. The monoisotopic (exact) mass is 495 g/mol. The molecule has 0 aromatic heterocycles. The van der Waals surface area contributed by atoms with Crippen LogP contribution in [-0.4, -0.2) is 101 Å². The molecule has 32 heavy (non-hydrogen) atoms. The third-order valence-corrected chi connectivity index (χ3v) is 8.09. The van der Waals surface area contributed by atoms with Crippen molar-refractivity contribution in [2.45, 2.75) is 86.0 Å². The number of rotatable bonds is 8. The molecule has 1 amide bonds. The molecule has 11 heteroatoms. The average molecular weight is 496 g/mol. The molecule has 9 nitrogen and oxygen atoms in total. The van der Waals surface area contributed by atoms with Gasteiger partial charge < -0.3 is 41.2 Å². The minimum atomic E-state index is -1.40. The first-order valence-electron chi connectivity index (χ1n) is 11.5. The van der Waals surface area contributed by atoms with Crippen molar-refractivity contribution in [1.29, 1.82) is 0 Å². The Morgan fingerprint density at radius 3 is 2.72 bits per heavy atom. The summed E-state index contributed by atoms with van der Waals surface area (Å²) >= 11 is 7.60. The van der Waals surface area contributed by atoms with Crippen LogP contribution in [0.25, 0.3) is 0 Å². The summed E-state index contributed by atoms with van der Waals surface area (Å²) in [5, 5.41) is 36.6. The molecule has 0 radical (unpaired) electrons. The van der Waals surface area contributed by atoms with Crippen molar-refractivity contribution in [3.05, 3.63) is 0 Å². The molecule has 2 unspecified atom stereocenters. The standard InChI is InChI=1S/C21H38ClN3O6S/c1-10(22)13(19-16(27)15(26)17(28)21(31-19)32-2)25-20(29)14-18-12(9-24-14)8-11(4-3-6-23)5-7-30-18/h10-19,21,24,26-28H,3-9,23H2,1-2H3,(H,25,29)/t10-,11+,12-,13+,14-,15+,16?,17+,18+,19+,21?/m0/s1. The first-order chi connectivity index (χ1) is 15.3. The number of hydrogen-bond donors (Lipinski definition) is 6. The number of halogens is 1. The molecule has 0 aromatic rings. The Balaban J connectivity index is 1.66. The van der Waals surface area contributed by atoms with Crippen LogP contribution < -0.4 is 16.4 Å². The highest BCUT2D eigenvalue weighted by atomic mass is 35.5. The lowest BCUT2D eigenvalue weighted by Gasteiger charge is -2.44. The summed E-state index contributed by atoms with van der Waals surface area (Å²) < 4.78 is 11.9. The Hall–Kier alpha value is -0.170. The van der Waals surface area contributed by atoms with Gasteiger partial charge in [0.25, 0.3) is 0 Å². The number of carbonyl (C=O) groups excluding carboxylic acids is 1. The molecule has 186 valence electrons. The smallest absolute Gasteiger partial charge is 0.240 e. The first kappa shape index (κ1) is 26.4. The van der Waals surface area contributed by atoms with Crippen LogP contribution in [-0.2, 0) is 14.3 Å². The average Bonchev–Trinajstić information content (AvgIpc) is 3.05. The van der Waals surface area contributed by atoms with Crippen molar-refractivity contribution in [1.82, 2.24) is 10.6 Å². The van der Waals surface area contributed by atoms with E-state index in [0.717, 1.165) is 25.7 Å². The molecule has 3 heterocycles. The van der Waals surface area contributed by atoms with E-state index in [1.807, 2.05) is 0 Å². The lowest BCUT2D eigenvalue weighted by molar-refractivity contribution is -0.205. The van der Waals surface area contributed by atoms with E-state index in [2.05, 4.69) is 10.6 Å². The number of aliphatic hydroxyl groups excluding tert-OH is 3. The number of aliphatic hydroxyl groups is 3. The number of nitrogens with one attached hydrogen (secondary N) is 2. The van der Waals surface area contributed by atoms with Crippen molar-refractivity contribution in [3.8, 4) is 0 Å². The van der Waals surface area contributed by atoms with Crippen molar-refractivity contribution >= 4 is 29.3 Å². The summed E-state index contributed by atoms with van der Waals surface area (Å²) in [7, 11) is 0. The van der Waals surface area contributed by atoms with E-state index in [0.29, 0.717) is 25.6 Å². The number of thioether (sulfide) groups is 1. The molecule has 3 aliphatic rings. The molecule has 3 fully saturated rings. The van der Waals surface area contributed by atoms with Gasteiger partial charge in [0.2, 0.25) is 5.91 Å². The third kappa shape index (κ3) is 5.90. The predicted octanol–water partition coefficient (Wildman–Crippen LogP) is -0.609. The molecule has 0 aromatic carbocycles. The predicted molar refractivity (Wildman–Crippen MR) is 123 cm³/mol. The van der Waals surface area contributed by atoms with Gasteiger partial charge >= 0.3 is 0 Å². The Bertz CT molecular complexity index is 618. The van der Waals surface area contributed by atoms with E-state index >= 15 is 0 Å². The van der Waals surface area contributed by atoms with Crippen molar-refractivity contribution in [3.63, 3.8) is 0 Å². The van der Waals surface area contributed by atoms with Gasteiger partial charge in [-0.25, -0.2) is 0 Å². The summed E-state index contributed by atoms with van der Waals surface area (Å²) in [6.45, 7) is 3.69. The second-order valence-corrected chi connectivity index (χ2v) is 10.8. The highest BCUT2D eigenvalue weighted by molar-refractivity contribution is 7.99. The highest BCUT2D eigenvalue weighted by Gasteiger charge is 2.49. The fraction of sp³-hybridized carbons (Fsp3) is 0.952. The summed E-state index contributed by atoms with van der Waals surface area (Å²) in [5.74, 6) is 0.528. The van der Waals surface area contributed by atoms with Crippen molar-refractivity contribution < 1.29 is 29.6 Å². The van der Waals surface area contributed by atoms with Crippen LogP contribution >= 0.6 is 23.4 Å².